The molecule has 0 atom stereocenters. The summed E-state index contributed by atoms with van der Waals surface area (Å²) in [5, 5.41) is 11.6. The molecular weight excluding hydrogens is 517 g/mol. The number of fused-ring (bicyclic) bond motifs is 1. The highest BCUT2D eigenvalue weighted by Crippen LogP contribution is 2.33. The second kappa shape index (κ2) is 9.60. The van der Waals surface area contributed by atoms with Crippen LogP contribution in [0, 0.1) is 20.8 Å². The van der Waals surface area contributed by atoms with Crippen molar-refractivity contribution in [2.75, 3.05) is 5.32 Å². The van der Waals surface area contributed by atoms with Crippen LogP contribution in [-0.2, 0) is 12.7 Å². The Balaban J connectivity index is 1.45. The third kappa shape index (κ3) is 5.12. The molecular formula is C27H22ClF3N6O. The normalized spacial score (nSPS) is 11.8. The number of amides is 1. The predicted molar refractivity (Wildman–Crippen MR) is 138 cm³/mol. The molecule has 1 amide bonds. The van der Waals surface area contributed by atoms with Crippen LogP contribution in [0.1, 0.15) is 38.6 Å². The number of halogens is 4. The van der Waals surface area contributed by atoms with E-state index in [4.69, 9.17) is 11.6 Å². The summed E-state index contributed by atoms with van der Waals surface area (Å²) in [5.41, 5.74) is 3.02. The molecule has 0 aliphatic heterocycles. The lowest BCUT2D eigenvalue weighted by Crippen LogP contribution is -2.16. The van der Waals surface area contributed by atoms with Crippen molar-refractivity contribution in [3.8, 4) is 11.3 Å². The summed E-state index contributed by atoms with van der Waals surface area (Å²) in [5.74, 6) is -0.453. The summed E-state index contributed by atoms with van der Waals surface area (Å²) < 4.78 is 44.2. The van der Waals surface area contributed by atoms with Crippen LogP contribution in [0.3, 0.4) is 0 Å². The molecule has 5 aromatic rings. The van der Waals surface area contributed by atoms with Gasteiger partial charge in [-0.25, -0.2) is 9.50 Å². The molecule has 0 saturated heterocycles. The average Bonchev–Trinajstić information content (AvgIpc) is 3.44. The molecule has 3 aromatic heterocycles. The number of nitrogens with one attached hydrogen (secondary N) is 1. The van der Waals surface area contributed by atoms with Gasteiger partial charge in [-0.2, -0.15) is 23.4 Å². The van der Waals surface area contributed by atoms with Crippen LogP contribution in [0.2, 0.25) is 5.02 Å². The van der Waals surface area contributed by atoms with Crippen LogP contribution in [0.25, 0.3) is 16.9 Å². The summed E-state index contributed by atoms with van der Waals surface area (Å²) in [7, 11) is 0. The molecule has 7 nitrogen and oxygen atoms in total. The van der Waals surface area contributed by atoms with E-state index in [1.807, 2.05) is 39.0 Å². The number of carbonyl (C=O) groups excluding carboxylic acids is 1. The van der Waals surface area contributed by atoms with Crippen molar-refractivity contribution in [1.82, 2.24) is 24.4 Å². The van der Waals surface area contributed by atoms with Crippen LogP contribution in [0.15, 0.2) is 60.7 Å². The van der Waals surface area contributed by atoms with E-state index in [0.29, 0.717) is 21.6 Å². The molecule has 0 bridgehead atoms. The van der Waals surface area contributed by atoms with Crippen LogP contribution >= 0.6 is 11.6 Å². The molecule has 1 N–H and O–H groups in total. The Labute approximate surface area is 220 Å². The van der Waals surface area contributed by atoms with E-state index >= 15 is 0 Å². The summed E-state index contributed by atoms with van der Waals surface area (Å²) in [6, 6.07) is 16.4. The third-order valence-corrected chi connectivity index (χ3v) is 6.47. The van der Waals surface area contributed by atoms with Crippen molar-refractivity contribution >= 4 is 29.0 Å². The van der Waals surface area contributed by atoms with E-state index in [-0.39, 0.29) is 22.9 Å². The van der Waals surface area contributed by atoms with Crippen molar-refractivity contribution in [2.24, 2.45) is 0 Å². The van der Waals surface area contributed by atoms with Gasteiger partial charge in [0.05, 0.1) is 12.2 Å². The fourth-order valence-electron chi connectivity index (χ4n) is 4.01. The van der Waals surface area contributed by atoms with Gasteiger partial charge in [-0.1, -0.05) is 35.9 Å². The molecule has 194 valence electrons. The van der Waals surface area contributed by atoms with Crippen molar-refractivity contribution in [1.29, 1.82) is 0 Å². The molecule has 0 aliphatic rings. The zero-order chi connectivity index (χ0) is 27.2. The number of hydrogen-bond donors (Lipinski definition) is 1. The lowest BCUT2D eigenvalue weighted by Gasteiger charge is -2.11. The van der Waals surface area contributed by atoms with Crippen LogP contribution < -0.4 is 5.32 Å². The average molecular weight is 539 g/mol. The maximum absolute atomic E-state index is 14.0. The minimum Gasteiger partial charge on any atom is -0.304 e. The predicted octanol–water partition coefficient (Wildman–Crippen LogP) is 6.49. The Morgan fingerprint density at radius 3 is 2.37 bits per heavy atom. The Bertz CT molecular complexity index is 1670. The van der Waals surface area contributed by atoms with E-state index in [2.05, 4.69) is 20.5 Å². The largest absolute Gasteiger partial charge is 0.433 e. The van der Waals surface area contributed by atoms with Gasteiger partial charge in [0.2, 0.25) is 0 Å². The van der Waals surface area contributed by atoms with E-state index in [9.17, 15) is 18.0 Å². The minimum absolute atomic E-state index is 0.0948. The standard InChI is InChI=1S/C27H22ClF3N6O/c1-15-4-7-19(10-16(15)2)21-12-23(27(29,30)31)37-25(32-21)13-22(34-37)26(38)33-24-11-17(3)36(35-24)14-18-5-8-20(28)9-6-18/h4-13H,14H2,1-3H3,(H,33,35,38). The van der Waals surface area contributed by atoms with Gasteiger partial charge in [-0.15, -0.1) is 0 Å². The summed E-state index contributed by atoms with van der Waals surface area (Å²) in [6.45, 7) is 6.08. The molecule has 0 aliphatic carbocycles. The van der Waals surface area contributed by atoms with Crippen LogP contribution in [-0.4, -0.2) is 30.3 Å². The molecule has 0 fully saturated rings. The monoisotopic (exact) mass is 538 g/mol. The van der Waals surface area contributed by atoms with E-state index in [1.165, 1.54) is 6.07 Å². The van der Waals surface area contributed by atoms with E-state index in [0.717, 1.165) is 28.5 Å². The second-order valence-electron chi connectivity index (χ2n) is 9.03. The second-order valence-corrected chi connectivity index (χ2v) is 9.47. The number of aryl methyl sites for hydroxylation is 3. The van der Waals surface area contributed by atoms with Gasteiger partial charge in [-0.05, 0) is 61.7 Å². The number of anilines is 1. The molecule has 0 unspecified atom stereocenters. The van der Waals surface area contributed by atoms with Crippen molar-refractivity contribution in [3.63, 3.8) is 0 Å². The van der Waals surface area contributed by atoms with Crippen LogP contribution in [0.5, 0.6) is 0 Å². The molecule has 5 rings (SSSR count). The highest BCUT2D eigenvalue weighted by molar-refractivity contribution is 6.30. The zero-order valence-electron chi connectivity index (χ0n) is 20.6. The SMILES string of the molecule is Cc1ccc(-c2cc(C(F)(F)F)n3nc(C(=O)Nc4cc(C)n(Cc5ccc(Cl)cc5)n4)cc3n2)cc1C. The van der Waals surface area contributed by atoms with Gasteiger partial charge in [-0.3, -0.25) is 9.48 Å². The fraction of sp³-hybridized carbons (Fsp3) is 0.185. The van der Waals surface area contributed by atoms with Gasteiger partial charge < -0.3 is 5.32 Å². The number of alkyl halides is 3. The Morgan fingerprint density at radius 2 is 1.68 bits per heavy atom. The maximum Gasteiger partial charge on any atom is 0.433 e. The Kier molecular flexibility index (Phi) is 6.44. The molecule has 0 spiro atoms. The fourth-order valence-corrected chi connectivity index (χ4v) is 4.14. The number of nitrogens with zero attached hydrogens (tertiary/aromatic N) is 5. The van der Waals surface area contributed by atoms with E-state index in [1.54, 1.807) is 35.0 Å². The number of hydrogen-bond acceptors (Lipinski definition) is 4. The first-order valence-electron chi connectivity index (χ1n) is 11.6. The quantitative estimate of drug-likeness (QED) is 0.277. The van der Waals surface area contributed by atoms with Crippen molar-refractivity contribution in [2.45, 2.75) is 33.5 Å². The minimum atomic E-state index is -4.72. The van der Waals surface area contributed by atoms with E-state index < -0.39 is 17.8 Å². The third-order valence-electron chi connectivity index (χ3n) is 6.22. The smallest absolute Gasteiger partial charge is 0.304 e. The highest BCUT2D eigenvalue weighted by Gasteiger charge is 2.35. The van der Waals surface area contributed by atoms with Gasteiger partial charge in [0.25, 0.3) is 5.91 Å². The molecule has 0 saturated carbocycles. The van der Waals surface area contributed by atoms with Gasteiger partial charge in [0.15, 0.2) is 22.9 Å². The molecule has 38 heavy (non-hydrogen) atoms. The van der Waals surface area contributed by atoms with Gasteiger partial charge in [0, 0.05) is 28.4 Å². The van der Waals surface area contributed by atoms with Crippen molar-refractivity contribution in [3.05, 3.63) is 99.5 Å². The summed E-state index contributed by atoms with van der Waals surface area (Å²) in [6.07, 6.45) is -4.72. The molecule has 3 heterocycles. The lowest BCUT2D eigenvalue weighted by molar-refractivity contribution is -0.142. The first-order chi connectivity index (χ1) is 18.0. The first-order valence-corrected chi connectivity index (χ1v) is 12.0. The van der Waals surface area contributed by atoms with Gasteiger partial charge >= 0.3 is 6.18 Å². The topological polar surface area (TPSA) is 77.1 Å². The summed E-state index contributed by atoms with van der Waals surface area (Å²) >= 11 is 5.94. The number of aromatic nitrogens is 5. The van der Waals surface area contributed by atoms with Crippen LogP contribution in [0.4, 0.5) is 19.0 Å². The first kappa shape index (κ1) is 25.5. The Morgan fingerprint density at radius 1 is 0.947 bits per heavy atom. The van der Waals surface area contributed by atoms with Crippen molar-refractivity contribution < 1.29 is 18.0 Å². The molecule has 0 radical (unpaired) electrons. The highest BCUT2D eigenvalue weighted by atomic mass is 35.5. The zero-order valence-corrected chi connectivity index (χ0v) is 21.4. The number of benzene rings is 2. The summed E-state index contributed by atoms with van der Waals surface area (Å²) in [4.78, 5) is 17.3. The number of carbonyl (C=O) groups is 1. The Hall–Kier alpha value is -4.18. The number of rotatable bonds is 5. The molecule has 11 heteroatoms. The maximum atomic E-state index is 14.0. The van der Waals surface area contributed by atoms with Gasteiger partial charge in [0.1, 0.15) is 0 Å². The molecule has 2 aromatic carbocycles. The lowest BCUT2D eigenvalue weighted by atomic mass is 10.0.